The second-order valence-corrected chi connectivity index (χ2v) is 9.40. The van der Waals surface area contributed by atoms with E-state index in [1.165, 1.54) is 6.20 Å². The fourth-order valence-electron chi connectivity index (χ4n) is 3.61. The third-order valence-electron chi connectivity index (χ3n) is 5.47. The van der Waals surface area contributed by atoms with Crippen LogP contribution in [0.4, 0.5) is 0 Å². The number of nitrogens with two attached hydrogens (primary N) is 2. The molecular formula is C26H41N5O4. The molecule has 1 unspecified atom stereocenters. The lowest BCUT2D eigenvalue weighted by Gasteiger charge is -2.33. The first-order valence-corrected chi connectivity index (χ1v) is 11.7. The average Bonchev–Trinajstić information content (AvgIpc) is 2.82. The normalized spacial score (nSPS) is 16.2. The highest BCUT2D eigenvalue weighted by atomic mass is 16.5. The minimum Gasteiger partial charge on any atom is -0.468 e. The summed E-state index contributed by atoms with van der Waals surface area (Å²) in [6, 6.07) is 3.92. The molecule has 6 N–H and O–H groups in total. The van der Waals surface area contributed by atoms with Crippen LogP contribution in [0.15, 0.2) is 59.0 Å². The molecule has 1 aromatic rings. The number of Topliss-reactive ketones (excluding diaryl/α,β-unsaturated/α-hetero) is 1. The first kappa shape index (κ1) is 29.9. The molecule has 0 saturated heterocycles. The summed E-state index contributed by atoms with van der Waals surface area (Å²) in [6.07, 6.45) is 6.69. The number of aromatic nitrogens is 1. The van der Waals surface area contributed by atoms with Gasteiger partial charge in [0.15, 0.2) is 5.78 Å². The Hall–Kier alpha value is -3.17. The zero-order valence-electron chi connectivity index (χ0n) is 21.8. The molecule has 1 aliphatic heterocycles. The first-order valence-electron chi connectivity index (χ1n) is 11.7. The summed E-state index contributed by atoms with van der Waals surface area (Å²) in [6.45, 7) is 13.6. The number of ketones is 1. The van der Waals surface area contributed by atoms with Crippen molar-refractivity contribution in [3.8, 4) is 0 Å². The Bertz CT molecular complexity index is 917. The van der Waals surface area contributed by atoms with Crippen LogP contribution >= 0.6 is 0 Å². The fourth-order valence-corrected chi connectivity index (χ4v) is 3.61. The lowest BCUT2D eigenvalue weighted by molar-refractivity contribution is -0.128. The molecule has 0 bridgehead atoms. The fraction of sp³-hybridized carbons (Fsp3) is 0.500. The number of pyridine rings is 1. The molecule has 1 aromatic heterocycles. The van der Waals surface area contributed by atoms with Gasteiger partial charge >= 0.3 is 0 Å². The van der Waals surface area contributed by atoms with Gasteiger partial charge in [0, 0.05) is 41.5 Å². The van der Waals surface area contributed by atoms with Crippen molar-refractivity contribution < 1.29 is 19.1 Å². The number of hydrogen-bond donors (Lipinski definition) is 4. The van der Waals surface area contributed by atoms with Gasteiger partial charge in [-0.3, -0.25) is 20.4 Å². The van der Waals surface area contributed by atoms with Crippen molar-refractivity contribution in [2.45, 2.75) is 60.3 Å². The Morgan fingerprint density at radius 1 is 1.31 bits per heavy atom. The van der Waals surface area contributed by atoms with Crippen molar-refractivity contribution in [3.05, 3.63) is 64.5 Å². The van der Waals surface area contributed by atoms with Gasteiger partial charge in [0.25, 0.3) is 6.47 Å². The summed E-state index contributed by atoms with van der Waals surface area (Å²) >= 11 is 0. The molecule has 0 radical (unpaired) electrons. The van der Waals surface area contributed by atoms with Crippen LogP contribution in [-0.4, -0.2) is 37.1 Å². The summed E-state index contributed by atoms with van der Waals surface area (Å²) in [4.78, 5) is 26.2. The number of nitrogens with one attached hydrogen (secondary N) is 2. The van der Waals surface area contributed by atoms with Crippen molar-refractivity contribution in [3.63, 3.8) is 0 Å². The first-order chi connectivity index (χ1) is 16.6. The third-order valence-corrected chi connectivity index (χ3v) is 5.47. The molecule has 0 aromatic carbocycles. The smallest absolute Gasteiger partial charge is 0.293 e. The van der Waals surface area contributed by atoms with Crippen LogP contribution in [0.25, 0.3) is 0 Å². The minimum absolute atomic E-state index is 0.0697. The SMILES string of the molecule is CC(=O)C1=C(CCC(C)(C)C)NC(COC/C(=C/N)NN)=C(C)C1c1cccnc1.CCOC=O. The van der Waals surface area contributed by atoms with E-state index in [0.717, 1.165) is 40.9 Å². The number of ether oxygens (including phenoxy) is 2. The highest BCUT2D eigenvalue weighted by Crippen LogP contribution is 2.39. The molecule has 0 saturated carbocycles. The van der Waals surface area contributed by atoms with Crippen molar-refractivity contribution >= 4 is 12.3 Å². The zero-order chi connectivity index (χ0) is 26.4. The van der Waals surface area contributed by atoms with Gasteiger partial charge in [0.1, 0.15) is 0 Å². The lowest BCUT2D eigenvalue weighted by atomic mass is 9.78. The zero-order valence-corrected chi connectivity index (χ0v) is 21.8. The van der Waals surface area contributed by atoms with E-state index in [2.05, 4.69) is 41.2 Å². The Kier molecular flexibility index (Phi) is 12.8. The highest BCUT2D eigenvalue weighted by molar-refractivity contribution is 5.96. The number of carbonyl (C=O) groups is 2. The summed E-state index contributed by atoms with van der Waals surface area (Å²) in [5.41, 5.74) is 13.5. The van der Waals surface area contributed by atoms with Gasteiger partial charge in [0.2, 0.25) is 0 Å². The summed E-state index contributed by atoms with van der Waals surface area (Å²) < 4.78 is 9.98. The third kappa shape index (κ3) is 9.92. The van der Waals surface area contributed by atoms with Crippen molar-refractivity contribution in [1.29, 1.82) is 0 Å². The van der Waals surface area contributed by atoms with E-state index >= 15 is 0 Å². The van der Waals surface area contributed by atoms with Crippen molar-refractivity contribution in [2.24, 2.45) is 17.0 Å². The molecule has 9 nitrogen and oxygen atoms in total. The predicted molar refractivity (Wildman–Crippen MR) is 137 cm³/mol. The second kappa shape index (κ2) is 15.0. The van der Waals surface area contributed by atoms with Crippen LogP contribution < -0.4 is 22.3 Å². The molecule has 0 spiro atoms. The van der Waals surface area contributed by atoms with Crippen LogP contribution in [-0.2, 0) is 19.1 Å². The monoisotopic (exact) mass is 487 g/mol. The van der Waals surface area contributed by atoms with E-state index in [1.54, 1.807) is 20.0 Å². The Labute approximate surface area is 209 Å². The van der Waals surface area contributed by atoms with E-state index in [0.29, 0.717) is 25.4 Å². The van der Waals surface area contributed by atoms with Crippen LogP contribution in [0.1, 0.15) is 65.9 Å². The number of rotatable bonds is 11. The lowest BCUT2D eigenvalue weighted by Crippen LogP contribution is -2.32. The maximum atomic E-state index is 12.7. The van der Waals surface area contributed by atoms with Crippen molar-refractivity contribution in [2.75, 3.05) is 19.8 Å². The van der Waals surface area contributed by atoms with Crippen molar-refractivity contribution in [1.82, 2.24) is 15.7 Å². The van der Waals surface area contributed by atoms with Gasteiger partial charge in [-0.1, -0.05) is 26.8 Å². The summed E-state index contributed by atoms with van der Waals surface area (Å²) in [7, 11) is 0. The average molecular weight is 488 g/mol. The number of allylic oxidation sites excluding steroid dienone is 3. The molecule has 0 aliphatic carbocycles. The van der Waals surface area contributed by atoms with Gasteiger partial charge in [0.05, 0.1) is 25.5 Å². The van der Waals surface area contributed by atoms with E-state index in [-0.39, 0.29) is 23.7 Å². The number of nitrogens with zero attached hydrogens (tertiary/aromatic N) is 1. The minimum atomic E-state index is -0.150. The van der Waals surface area contributed by atoms with Crippen LogP contribution in [0.2, 0.25) is 0 Å². The number of hydrogen-bond acceptors (Lipinski definition) is 9. The Morgan fingerprint density at radius 3 is 2.49 bits per heavy atom. The molecule has 194 valence electrons. The predicted octanol–water partition coefficient (Wildman–Crippen LogP) is 3.17. The van der Waals surface area contributed by atoms with Gasteiger partial charge in [-0.25, -0.2) is 0 Å². The maximum absolute atomic E-state index is 12.7. The van der Waals surface area contributed by atoms with E-state index in [1.807, 2.05) is 25.3 Å². The quantitative estimate of drug-likeness (QED) is 0.210. The molecule has 0 fully saturated rings. The van der Waals surface area contributed by atoms with Gasteiger partial charge in [-0.15, -0.1) is 0 Å². The highest BCUT2D eigenvalue weighted by Gasteiger charge is 2.32. The van der Waals surface area contributed by atoms with Gasteiger partial charge < -0.3 is 25.9 Å². The van der Waals surface area contributed by atoms with Crippen LogP contribution in [0, 0.1) is 5.41 Å². The molecule has 1 aliphatic rings. The van der Waals surface area contributed by atoms with Gasteiger partial charge in [-0.2, -0.15) is 0 Å². The Balaban J connectivity index is 0.00000111. The molecule has 9 heteroatoms. The topological polar surface area (TPSA) is 142 Å². The molecule has 35 heavy (non-hydrogen) atoms. The largest absolute Gasteiger partial charge is 0.468 e. The van der Waals surface area contributed by atoms with Crippen LogP contribution in [0.5, 0.6) is 0 Å². The maximum Gasteiger partial charge on any atom is 0.293 e. The summed E-state index contributed by atoms with van der Waals surface area (Å²) in [5, 5.41) is 3.51. The molecule has 1 atom stereocenters. The number of dihydropyridines is 1. The van der Waals surface area contributed by atoms with Crippen LogP contribution in [0.3, 0.4) is 0 Å². The molecule has 0 amide bonds. The van der Waals surface area contributed by atoms with E-state index in [9.17, 15) is 9.59 Å². The number of hydrazine groups is 1. The molecule has 2 heterocycles. The Morgan fingerprint density at radius 2 is 2.03 bits per heavy atom. The standard InChI is InChI=1S/C23H35N5O2.C3H6O2/c1-15-20(14-30-13-18(11-24)28-25)27-19(8-9-23(3,4)5)22(16(2)29)21(15)17-7-6-10-26-12-17;1-2-5-3-4/h6-7,10-12,21,27-28H,8-9,13-14,24-25H2,1-5H3;3H,2H2,1H3/b18-11-;. The second-order valence-electron chi connectivity index (χ2n) is 9.40. The summed E-state index contributed by atoms with van der Waals surface area (Å²) in [5.74, 6) is 5.34. The molecular weight excluding hydrogens is 446 g/mol. The van der Waals surface area contributed by atoms with Gasteiger partial charge in [-0.05, 0) is 56.2 Å². The van der Waals surface area contributed by atoms with E-state index in [4.69, 9.17) is 16.3 Å². The number of carbonyl (C=O) groups excluding carboxylic acids is 2. The molecule has 2 rings (SSSR count). The van der Waals surface area contributed by atoms with E-state index < -0.39 is 0 Å².